The summed E-state index contributed by atoms with van der Waals surface area (Å²) in [6.45, 7) is 6.13. The molecule has 0 spiro atoms. The van der Waals surface area contributed by atoms with Crippen molar-refractivity contribution < 1.29 is 9.59 Å². The number of hydrogen-bond donors (Lipinski definition) is 2. The average molecular weight is 407 g/mol. The van der Waals surface area contributed by atoms with Gasteiger partial charge < -0.3 is 15.5 Å². The summed E-state index contributed by atoms with van der Waals surface area (Å²) in [5.74, 6) is -0.0694. The Kier molecular flexibility index (Phi) is 6.33. The Morgan fingerprint density at radius 2 is 1.73 bits per heavy atom. The van der Waals surface area contributed by atoms with Crippen LogP contribution < -0.4 is 10.6 Å². The minimum atomic E-state index is -0.0967. The second-order valence-electron chi connectivity index (χ2n) is 8.27. The fourth-order valence-electron chi connectivity index (χ4n) is 3.70. The Morgan fingerprint density at radius 1 is 1.00 bits per heavy atom. The Labute approximate surface area is 178 Å². The van der Waals surface area contributed by atoms with Gasteiger partial charge in [0.2, 0.25) is 0 Å². The fraction of sp³-hybridized carbons (Fsp3) is 0.417. The molecule has 30 heavy (non-hydrogen) atoms. The third kappa shape index (κ3) is 5.39. The van der Waals surface area contributed by atoms with Gasteiger partial charge in [0.25, 0.3) is 5.91 Å². The summed E-state index contributed by atoms with van der Waals surface area (Å²) < 4.78 is 0. The Balaban J connectivity index is 1.27. The Morgan fingerprint density at radius 3 is 2.43 bits per heavy atom. The quantitative estimate of drug-likeness (QED) is 0.774. The smallest absolute Gasteiger partial charge is 0.321 e. The number of rotatable bonds is 6. The number of nitrogens with zero attached hydrogens (tertiary/aromatic N) is 2. The van der Waals surface area contributed by atoms with Gasteiger partial charge in [-0.25, -0.2) is 4.79 Å². The van der Waals surface area contributed by atoms with Crippen LogP contribution in [0.25, 0.3) is 0 Å². The minimum Gasteiger partial charge on any atom is -0.349 e. The molecule has 2 aromatic rings. The maximum atomic E-state index is 12.8. The van der Waals surface area contributed by atoms with Gasteiger partial charge in [0, 0.05) is 50.0 Å². The summed E-state index contributed by atoms with van der Waals surface area (Å²) in [6, 6.07) is 16.2. The van der Waals surface area contributed by atoms with Crippen molar-refractivity contribution in [3.63, 3.8) is 0 Å². The lowest BCUT2D eigenvalue weighted by atomic mass is 10.1. The number of aryl methyl sites for hydroxylation is 1. The molecule has 0 bridgehead atoms. The zero-order valence-electron chi connectivity index (χ0n) is 17.6. The van der Waals surface area contributed by atoms with E-state index in [2.05, 4.69) is 39.8 Å². The lowest BCUT2D eigenvalue weighted by Gasteiger charge is -2.34. The van der Waals surface area contributed by atoms with Crippen molar-refractivity contribution in [2.75, 3.05) is 38.0 Å². The second-order valence-corrected chi connectivity index (χ2v) is 8.27. The van der Waals surface area contributed by atoms with Gasteiger partial charge in [-0.05, 0) is 49.4 Å². The number of carbonyl (C=O) groups is 2. The summed E-state index contributed by atoms with van der Waals surface area (Å²) in [6.07, 6.45) is 3.14. The first-order chi connectivity index (χ1) is 14.6. The molecule has 6 heteroatoms. The highest BCUT2D eigenvalue weighted by Crippen LogP contribution is 2.21. The highest BCUT2D eigenvalue weighted by atomic mass is 16.2. The van der Waals surface area contributed by atoms with Gasteiger partial charge in [-0.1, -0.05) is 36.4 Å². The van der Waals surface area contributed by atoms with Crippen LogP contribution in [-0.2, 0) is 6.42 Å². The third-order valence-electron chi connectivity index (χ3n) is 5.87. The molecule has 0 unspecified atom stereocenters. The molecule has 6 nitrogen and oxygen atoms in total. The van der Waals surface area contributed by atoms with Crippen LogP contribution in [0.15, 0.2) is 48.5 Å². The SMILES string of the molecule is Cc1ccc(C(=O)NC2CC2)cc1NC(=O)N1CCN(CCc2ccccc2)CC1. The standard InChI is InChI=1S/C24H30N4O2/c1-18-7-8-20(23(29)25-21-9-10-21)17-22(18)26-24(30)28-15-13-27(14-16-28)12-11-19-5-3-2-4-6-19/h2-8,17,21H,9-16H2,1H3,(H,25,29)(H,26,30). The molecule has 1 aliphatic carbocycles. The lowest BCUT2D eigenvalue weighted by Crippen LogP contribution is -2.50. The fourth-order valence-corrected chi connectivity index (χ4v) is 3.70. The van der Waals surface area contributed by atoms with Crippen molar-refractivity contribution in [3.8, 4) is 0 Å². The predicted molar refractivity (Wildman–Crippen MR) is 119 cm³/mol. The van der Waals surface area contributed by atoms with Crippen LogP contribution in [0.4, 0.5) is 10.5 Å². The van der Waals surface area contributed by atoms with E-state index in [0.717, 1.165) is 44.5 Å². The van der Waals surface area contributed by atoms with Crippen molar-refractivity contribution >= 4 is 17.6 Å². The topological polar surface area (TPSA) is 64.7 Å². The maximum Gasteiger partial charge on any atom is 0.321 e. The molecule has 1 heterocycles. The Hall–Kier alpha value is -2.86. The zero-order chi connectivity index (χ0) is 20.9. The van der Waals surface area contributed by atoms with Gasteiger partial charge in [0.15, 0.2) is 0 Å². The molecule has 0 atom stereocenters. The molecule has 1 saturated heterocycles. The Bertz CT molecular complexity index is 887. The largest absolute Gasteiger partial charge is 0.349 e. The summed E-state index contributed by atoms with van der Waals surface area (Å²) >= 11 is 0. The van der Waals surface area contributed by atoms with E-state index in [1.54, 1.807) is 6.07 Å². The molecule has 4 rings (SSSR count). The molecule has 2 aliphatic rings. The van der Waals surface area contributed by atoms with E-state index in [0.29, 0.717) is 30.4 Å². The molecule has 158 valence electrons. The molecule has 0 aromatic heterocycles. The molecule has 1 aliphatic heterocycles. The summed E-state index contributed by atoms with van der Waals surface area (Å²) in [5, 5.41) is 6.00. The molecule has 0 radical (unpaired) electrons. The lowest BCUT2D eigenvalue weighted by molar-refractivity contribution is 0.0951. The number of hydrogen-bond acceptors (Lipinski definition) is 3. The van der Waals surface area contributed by atoms with Crippen LogP contribution in [0.1, 0.15) is 34.3 Å². The summed E-state index contributed by atoms with van der Waals surface area (Å²) in [7, 11) is 0. The normalized spacial score (nSPS) is 16.9. The summed E-state index contributed by atoms with van der Waals surface area (Å²) in [4.78, 5) is 29.3. The van der Waals surface area contributed by atoms with Crippen LogP contribution in [0.5, 0.6) is 0 Å². The first kappa shape index (κ1) is 20.4. The molecule has 3 amide bonds. The van der Waals surface area contributed by atoms with Crippen LogP contribution in [0, 0.1) is 6.92 Å². The molecular formula is C24H30N4O2. The summed E-state index contributed by atoms with van der Waals surface area (Å²) in [5.41, 5.74) is 3.59. The van der Waals surface area contributed by atoms with Crippen molar-refractivity contribution in [2.45, 2.75) is 32.2 Å². The first-order valence-electron chi connectivity index (χ1n) is 10.8. The zero-order valence-corrected chi connectivity index (χ0v) is 17.6. The molecular weight excluding hydrogens is 376 g/mol. The minimum absolute atomic E-state index is 0.0694. The first-order valence-corrected chi connectivity index (χ1v) is 10.8. The van der Waals surface area contributed by atoms with E-state index >= 15 is 0 Å². The van der Waals surface area contributed by atoms with Gasteiger partial charge in [0.05, 0.1) is 0 Å². The van der Waals surface area contributed by atoms with Crippen molar-refractivity contribution in [2.24, 2.45) is 0 Å². The van der Waals surface area contributed by atoms with E-state index in [9.17, 15) is 9.59 Å². The van der Waals surface area contributed by atoms with E-state index in [4.69, 9.17) is 0 Å². The number of piperazine rings is 1. The third-order valence-corrected chi connectivity index (χ3v) is 5.87. The number of amides is 3. The van der Waals surface area contributed by atoms with Gasteiger partial charge >= 0.3 is 6.03 Å². The van der Waals surface area contributed by atoms with Crippen molar-refractivity contribution in [3.05, 3.63) is 65.2 Å². The van der Waals surface area contributed by atoms with Crippen molar-refractivity contribution in [1.82, 2.24) is 15.1 Å². The van der Waals surface area contributed by atoms with E-state index in [-0.39, 0.29) is 11.9 Å². The molecule has 2 fully saturated rings. The van der Waals surface area contributed by atoms with E-state index in [1.807, 2.05) is 30.0 Å². The number of urea groups is 1. The number of anilines is 1. The highest BCUT2D eigenvalue weighted by Gasteiger charge is 2.25. The van der Waals surface area contributed by atoms with E-state index < -0.39 is 0 Å². The van der Waals surface area contributed by atoms with E-state index in [1.165, 1.54) is 5.56 Å². The van der Waals surface area contributed by atoms with Crippen LogP contribution in [0.3, 0.4) is 0 Å². The maximum absolute atomic E-state index is 12.8. The number of nitrogens with one attached hydrogen (secondary N) is 2. The van der Waals surface area contributed by atoms with Crippen LogP contribution in [-0.4, -0.2) is 60.5 Å². The predicted octanol–water partition coefficient (Wildman–Crippen LogP) is 3.28. The number of carbonyl (C=O) groups excluding carboxylic acids is 2. The van der Waals surface area contributed by atoms with Crippen molar-refractivity contribution in [1.29, 1.82) is 0 Å². The molecule has 2 aromatic carbocycles. The second kappa shape index (κ2) is 9.30. The molecule has 1 saturated carbocycles. The van der Waals surface area contributed by atoms with Crippen LogP contribution in [0.2, 0.25) is 0 Å². The molecule has 2 N–H and O–H groups in total. The van der Waals surface area contributed by atoms with Gasteiger partial charge in [-0.2, -0.15) is 0 Å². The van der Waals surface area contributed by atoms with Crippen LogP contribution >= 0.6 is 0 Å². The van der Waals surface area contributed by atoms with Gasteiger partial charge in [0.1, 0.15) is 0 Å². The van der Waals surface area contributed by atoms with Gasteiger partial charge in [-0.15, -0.1) is 0 Å². The number of benzene rings is 2. The average Bonchev–Trinajstić information content (AvgIpc) is 3.59. The highest BCUT2D eigenvalue weighted by molar-refractivity contribution is 5.97. The monoisotopic (exact) mass is 406 g/mol. The van der Waals surface area contributed by atoms with Gasteiger partial charge in [-0.3, -0.25) is 9.69 Å².